The molecule has 1 unspecified atom stereocenters. The summed E-state index contributed by atoms with van der Waals surface area (Å²) in [6.07, 6.45) is 1.95. The molecule has 0 saturated heterocycles. The van der Waals surface area contributed by atoms with Gasteiger partial charge >= 0.3 is 11.9 Å². The summed E-state index contributed by atoms with van der Waals surface area (Å²) in [5, 5.41) is 19.5. The van der Waals surface area contributed by atoms with Crippen molar-refractivity contribution in [2.75, 3.05) is 6.61 Å². The van der Waals surface area contributed by atoms with Crippen molar-refractivity contribution < 1.29 is 29.3 Å². The van der Waals surface area contributed by atoms with Crippen molar-refractivity contribution in [3.8, 4) is 5.75 Å². The predicted molar refractivity (Wildman–Crippen MR) is 78.5 cm³/mol. The van der Waals surface area contributed by atoms with Crippen molar-refractivity contribution in [1.82, 2.24) is 5.32 Å². The molecule has 0 saturated carbocycles. The van der Waals surface area contributed by atoms with Crippen molar-refractivity contribution in [3.05, 3.63) is 35.9 Å². The van der Waals surface area contributed by atoms with Gasteiger partial charge in [0, 0.05) is 6.08 Å². The van der Waals surface area contributed by atoms with Crippen molar-refractivity contribution in [2.24, 2.45) is 0 Å². The number of nitrogens with one attached hydrogen (secondary N) is 1. The van der Waals surface area contributed by atoms with Gasteiger partial charge in [0.2, 0.25) is 5.91 Å². The van der Waals surface area contributed by atoms with Gasteiger partial charge in [-0.05, 0) is 30.7 Å². The fourth-order valence-electron chi connectivity index (χ4n) is 1.61. The number of carboxylic acid groups (broad SMARTS) is 2. The molecule has 1 aromatic rings. The maximum absolute atomic E-state index is 11.6. The van der Waals surface area contributed by atoms with Crippen LogP contribution in [-0.4, -0.2) is 40.7 Å². The first-order chi connectivity index (χ1) is 10.4. The molecule has 1 aromatic carbocycles. The molecular weight excluding hydrogens is 290 g/mol. The molecule has 0 fully saturated rings. The fraction of sp³-hybridized carbons (Fsp3) is 0.267. The summed E-state index contributed by atoms with van der Waals surface area (Å²) < 4.78 is 5.28. The van der Waals surface area contributed by atoms with Crippen LogP contribution < -0.4 is 10.1 Å². The van der Waals surface area contributed by atoms with Crippen LogP contribution in [0, 0.1) is 0 Å². The van der Waals surface area contributed by atoms with E-state index in [1.165, 1.54) is 6.08 Å². The lowest BCUT2D eigenvalue weighted by Crippen LogP contribution is -2.41. The van der Waals surface area contributed by atoms with Crippen molar-refractivity contribution >= 4 is 23.9 Å². The molecule has 0 radical (unpaired) electrons. The van der Waals surface area contributed by atoms with Crippen LogP contribution in [0.2, 0.25) is 0 Å². The first-order valence-electron chi connectivity index (χ1n) is 6.58. The van der Waals surface area contributed by atoms with Gasteiger partial charge < -0.3 is 20.3 Å². The molecule has 1 atom stereocenters. The normalized spacial score (nSPS) is 11.9. The summed E-state index contributed by atoms with van der Waals surface area (Å²) in [6.45, 7) is 2.42. The van der Waals surface area contributed by atoms with Crippen LogP contribution in [-0.2, 0) is 14.4 Å². The van der Waals surface area contributed by atoms with Crippen LogP contribution in [0.15, 0.2) is 30.3 Å². The van der Waals surface area contributed by atoms with E-state index in [4.69, 9.17) is 14.9 Å². The summed E-state index contributed by atoms with van der Waals surface area (Å²) in [4.78, 5) is 32.9. The molecule has 1 amide bonds. The zero-order valence-corrected chi connectivity index (χ0v) is 12.0. The standard InChI is InChI=1S/C15H17NO6/c1-2-22-11-6-3-10(4-7-11)5-8-13(17)16-12(15(20)21)9-14(18)19/h3-8,12H,2,9H2,1H3,(H,16,17)(H,18,19)(H,20,21)/b8-5+. The van der Waals surface area contributed by atoms with E-state index in [0.717, 1.165) is 11.6 Å². The number of carbonyl (C=O) groups is 3. The smallest absolute Gasteiger partial charge is 0.326 e. The van der Waals surface area contributed by atoms with E-state index in [1.54, 1.807) is 24.3 Å². The number of aliphatic carboxylic acids is 2. The Morgan fingerprint density at radius 3 is 2.36 bits per heavy atom. The minimum absolute atomic E-state index is 0.553. The quantitative estimate of drug-likeness (QED) is 0.621. The van der Waals surface area contributed by atoms with Crippen LogP contribution in [0.25, 0.3) is 6.08 Å². The van der Waals surface area contributed by atoms with Crippen LogP contribution in [0.1, 0.15) is 18.9 Å². The number of amides is 1. The van der Waals surface area contributed by atoms with Crippen LogP contribution in [0.5, 0.6) is 5.75 Å². The predicted octanol–water partition coefficient (Wildman–Crippen LogP) is 1.14. The summed E-state index contributed by atoms with van der Waals surface area (Å²) >= 11 is 0. The Morgan fingerprint density at radius 1 is 1.23 bits per heavy atom. The number of hydrogen-bond acceptors (Lipinski definition) is 4. The first-order valence-corrected chi connectivity index (χ1v) is 6.58. The Morgan fingerprint density at radius 2 is 1.86 bits per heavy atom. The molecule has 1 rings (SSSR count). The van der Waals surface area contributed by atoms with E-state index < -0.39 is 30.3 Å². The lowest BCUT2D eigenvalue weighted by molar-refractivity contribution is -0.146. The Bertz CT molecular complexity index is 564. The van der Waals surface area contributed by atoms with E-state index >= 15 is 0 Å². The average Bonchev–Trinajstić information content (AvgIpc) is 2.45. The molecule has 7 nitrogen and oxygen atoms in total. The van der Waals surface area contributed by atoms with Crippen LogP contribution >= 0.6 is 0 Å². The number of benzene rings is 1. The molecule has 0 spiro atoms. The van der Waals surface area contributed by atoms with Gasteiger partial charge in [-0.2, -0.15) is 0 Å². The molecule has 0 aliphatic carbocycles. The van der Waals surface area contributed by atoms with Crippen molar-refractivity contribution in [2.45, 2.75) is 19.4 Å². The third kappa shape index (κ3) is 6.08. The zero-order chi connectivity index (χ0) is 16.5. The molecule has 0 aliphatic rings. The Labute approximate surface area is 127 Å². The highest BCUT2D eigenvalue weighted by molar-refractivity contribution is 5.95. The zero-order valence-electron chi connectivity index (χ0n) is 12.0. The Hall–Kier alpha value is -2.83. The molecule has 0 aliphatic heterocycles. The number of hydrogen-bond donors (Lipinski definition) is 3. The maximum Gasteiger partial charge on any atom is 0.326 e. The van der Waals surface area contributed by atoms with E-state index in [2.05, 4.69) is 5.32 Å². The number of rotatable bonds is 8. The lowest BCUT2D eigenvalue weighted by atomic mass is 10.2. The van der Waals surface area contributed by atoms with Crippen LogP contribution in [0.3, 0.4) is 0 Å². The number of carbonyl (C=O) groups excluding carboxylic acids is 1. The molecule has 3 N–H and O–H groups in total. The number of carboxylic acids is 2. The molecule has 0 heterocycles. The second kappa shape index (κ2) is 8.46. The summed E-state index contributed by atoms with van der Waals surface area (Å²) in [6, 6.07) is 5.49. The third-order valence-corrected chi connectivity index (χ3v) is 2.61. The van der Waals surface area contributed by atoms with E-state index in [0.29, 0.717) is 12.4 Å². The molecule has 0 bridgehead atoms. The van der Waals surface area contributed by atoms with E-state index in [-0.39, 0.29) is 0 Å². The molecule has 22 heavy (non-hydrogen) atoms. The van der Waals surface area contributed by atoms with Gasteiger partial charge in [-0.15, -0.1) is 0 Å². The minimum Gasteiger partial charge on any atom is -0.494 e. The monoisotopic (exact) mass is 307 g/mol. The highest BCUT2D eigenvalue weighted by Crippen LogP contribution is 2.12. The molecule has 7 heteroatoms. The number of ether oxygens (including phenoxy) is 1. The highest BCUT2D eigenvalue weighted by Gasteiger charge is 2.21. The average molecular weight is 307 g/mol. The molecule has 0 aromatic heterocycles. The third-order valence-electron chi connectivity index (χ3n) is 2.61. The molecular formula is C15H17NO6. The highest BCUT2D eigenvalue weighted by atomic mass is 16.5. The fourth-order valence-corrected chi connectivity index (χ4v) is 1.61. The van der Waals surface area contributed by atoms with Gasteiger partial charge in [-0.25, -0.2) is 4.79 Å². The Kier molecular flexibility index (Phi) is 6.62. The second-order valence-electron chi connectivity index (χ2n) is 4.33. The topological polar surface area (TPSA) is 113 Å². The summed E-state index contributed by atoms with van der Waals surface area (Å²) in [5.41, 5.74) is 0.726. The van der Waals surface area contributed by atoms with Gasteiger partial charge in [0.1, 0.15) is 11.8 Å². The molecule has 118 valence electrons. The van der Waals surface area contributed by atoms with Crippen molar-refractivity contribution in [1.29, 1.82) is 0 Å². The summed E-state index contributed by atoms with van der Waals surface area (Å²) in [5.74, 6) is -2.67. The van der Waals surface area contributed by atoms with Crippen LogP contribution in [0.4, 0.5) is 0 Å². The van der Waals surface area contributed by atoms with Gasteiger partial charge in [-0.1, -0.05) is 12.1 Å². The second-order valence-corrected chi connectivity index (χ2v) is 4.33. The largest absolute Gasteiger partial charge is 0.494 e. The lowest BCUT2D eigenvalue weighted by Gasteiger charge is -2.10. The SMILES string of the molecule is CCOc1ccc(/C=C/C(=O)NC(CC(=O)O)C(=O)O)cc1. The van der Waals surface area contributed by atoms with Gasteiger partial charge in [0.25, 0.3) is 0 Å². The first kappa shape index (κ1) is 17.2. The Balaban J connectivity index is 2.62. The van der Waals surface area contributed by atoms with Gasteiger partial charge in [-0.3, -0.25) is 9.59 Å². The van der Waals surface area contributed by atoms with Gasteiger partial charge in [0.15, 0.2) is 0 Å². The minimum atomic E-state index is -1.46. The van der Waals surface area contributed by atoms with E-state index in [9.17, 15) is 14.4 Å². The van der Waals surface area contributed by atoms with Crippen molar-refractivity contribution in [3.63, 3.8) is 0 Å². The van der Waals surface area contributed by atoms with Gasteiger partial charge in [0.05, 0.1) is 13.0 Å². The maximum atomic E-state index is 11.6. The van der Waals surface area contributed by atoms with E-state index in [1.807, 2.05) is 6.92 Å². The summed E-state index contributed by atoms with van der Waals surface area (Å²) in [7, 11) is 0.